The normalized spacial score (nSPS) is 14.5. The number of hydrogen-bond donors (Lipinski definition) is 3. The predicted octanol–water partition coefficient (Wildman–Crippen LogP) is 2.84. The second kappa shape index (κ2) is 7.41. The standard InChI is InChI=1S/C17H18F3N5O3/c1-8(17(19,20)7-27-16(21)22)10-4-12-9(3-11(10)18)6-23-15(24-12)13-5-14(26-2)25-28-13/h3-5,8H,6-7H2,1-2H3,(H3,21,22)(H,23,24)/t8-/m0/s1. The Labute approximate surface area is 158 Å². The number of halogens is 3. The van der Waals surface area contributed by atoms with Crippen molar-refractivity contribution in [1.29, 1.82) is 5.41 Å². The van der Waals surface area contributed by atoms with Crippen molar-refractivity contribution in [2.24, 2.45) is 10.7 Å². The largest absolute Gasteiger partial charge is 0.479 e. The van der Waals surface area contributed by atoms with E-state index in [1.165, 1.54) is 26.2 Å². The first-order chi connectivity index (χ1) is 13.2. The lowest BCUT2D eigenvalue weighted by Crippen LogP contribution is -2.33. The molecule has 1 aliphatic heterocycles. The van der Waals surface area contributed by atoms with Crippen LogP contribution in [0.1, 0.15) is 29.7 Å². The Hall–Kier alpha value is -3.24. The first-order valence-corrected chi connectivity index (χ1v) is 8.20. The van der Waals surface area contributed by atoms with Gasteiger partial charge in [-0.3, -0.25) is 10.4 Å². The molecule has 8 nitrogen and oxygen atoms in total. The molecule has 0 spiro atoms. The van der Waals surface area contributed by atoms with Crippen LogP contribution in [-0.2, 0) is 11.3 Å². The summed E-state index contributed by atoms with van der Waals surface area (Å²) in [5, 5.41) is 13.5. The van der Waals surface area contributed by atoms with E-state index in [1.807, 2.05) is 0 Å². The zero-order chi connectivity index (χ0) is 20.5. The van der Waals surface area contributed by atoms with Gasteiger partial charge in [0.25, 0.3) is 17.8 Å². The van der Waals surface area contributed by atoms with Gasteiger partial charge >= 0.3 is 0 Å². The minimum absolute atomic E-state index is 0.135. The van der Waals surface area contributed by atoms with Gasteiger partial charge in [-0.25, -0.2) is 13.2 Å². The number of benzene rings is 1. The molecule has 1 aromatic heterocycles. The highest BCUT2D eigenvalue weighted by Gasteiger charge is 2.40. The number of aliphatic imine (C=N–C) groups is 1. The van der Waals surface area contributed by atoms with E-state index in [9.17, 15) is 13.2 Å². The highest BCUT2D eigenvalue weighted by molar-refractivity contribution is 6.07. The molecule has 4 N–H and O–H groups in total. The van der Waals surface area contributed by atoms with Gasteiger partial charge in [-0.1, -0.05) is 6.92 Å². The Morgan fingerprint density at radius 2 is 2.18 bits per heavy atom. The number of aromatic nitrogens is 1. The van der Waals surface area contributed by atoms with Gasteiger partial charge in [0.05, 0.1) is 25.6 Å². The lowest BCUT2D eigenvalue weighted by atomic mass is 9.92. The van der Waals surface area contributed by atoms with Crippen LogP contribution in [0.25, 0.3) is 0 Å². The maximum absolute atomic E-state index is 14.5. The van der Waals surface area contributed by atoms with Crippen molar-refractivity contribution >= 4 is 17.5 Å². The van der Waals surface area contributed by atoms with E-state index in [4.69, 9.17) is 20.4 Å². The maximum atomic E-state index is 14.5. The number of nitrogens with zero attached hydrogens (tertiary/aromatic N) is 2. The summed E-state index contributed by atoms with van der Waals surface area (Å²) in [6.45, 7) is 0.182. The van der Waals surface area contributed by atoms with Crippen LogP contribution in [0.4, 0.5) is 18.9 Å². The molecule has 0 amide bonds. The van der Waals surface area contributed by atoms with Gasteiger partial charge in [-0.2, -0.15) is 0 Å². The minimum atomic E-state index is -3.44. The Morgan fingerprint density at radius 1 is 1.43 bits per heavy atom. The van der Waals surface area contributed by atoms with Gasteiger partial charge in [-0.05, 0) is 22.9 Å². The fourth-order valence-corrected chi connectivity index (χ4v) is 2.67. The Bertz CT molecular complexity index is 929. The second-order valence-corrected chi connectivity index (χ2v) is 6.19. The highest BCUT2D eigenvalue weighted by Crippen LogP contribution is 2.37. The smallest absolute Gasteiger partial charge is 0.288 e. The van der Waals surface area contributed by atoms with Gasteiger partial charge < -0.3 is 25.0 Å². The highest BCUT2D eigenvalue weighted by atomic mass is 19.3. The van der Waals surface area contributed by atoms with E-state index < -0.39 is 30.3 Å². The van der Waals surface area contributed by atoms with Crippen molar-refractivity contribution in [1.82, 2.24) is 5.16 Å². The number of nitrogens with one attached hydrogen (secondary N) is 2. The van der Waals surface area contributed by atoms with Crippen molar-refractivity contribution in [3.63, 3.8) is 0 Å². The summed E-state index contributed by atoms with van der Waals surface area (Å²) in [6, 6.07) is 3.15. The van der Waals surface area contributed by atoms with Crippen LogP contribution in [-0.4, -0.2) is 36.7 Å². The molecule has 1 aliphatic rings. The maximum Gasteiger partial charge on any atom is 0.288 e. The number of fused-ring (bicyclic) bond motifs is 1. The molecule has 3 rings (SSSR count). The molecule has 0 aliphatic carbocycles. The third-order valence-electron chi connectivity index (χ3n) is 4.33. The number of rotatable bonds is 6. The van der Waals surface area contributed by atoms with Crippen LogP contribution >= 0.6 is 0 Å². The van der Waals surface area contributed by atoms with Gasteiger partial charge in [-0.15, -0.1) is 0 Å². The number of amidine groups is 2. The van der Waals surface area contributed by atoms with Crippen molar-refractivity contribution in [2.75, 3.05) is 19.0 Å². The summed E-state index contributed by atoms with van der Waals surface area (Å²) < 4.78 is 57.6. The van der Waals surface area contributed by atoms with Crippen LogP contribution in [0.2, 0.25) is 0 Å². The monoisotopic (exact) mass is 397 g/mol. The Morgan fingerprint density at radius 3 is 2.82 bits per heavy atom. The molecule has 0 fully saturated rings. The molecule has 0 saturated carbocycles. The second-order valence-electron chi connectivity index (χ2n) is 6.19. The fraction of sp³-hybridized carbons (Fsp3) is 0.353. The molecule has 0 unspecified atom stereocenters. The topological polar surface area (TPSA) is 119 Å². The summed E-state index contributed by atoms with van der Waals surface area (Å²) in [7, 11) is 1.43. The Kier molecular flexibility index (Phi) is 5.16. The SMILES string of the molecule is COc1cc(C2=NCc3cc(F)c([C@H](C)C(F)(F)COC(=N)N)cc3N2)on1. The molecular weight excluding hydrogens is 379 g/mol. The molecule has 11 heteroatoms. The average Bonchev–Trinajstić information content (AvgIpc) is 3.14. The molecule has 2 aromatic rings. The van der Waals surface area contributed by atoms with Gasteiger partial charge in [0.15, 0.2) is 12.4 Å². The van der Waals surface area contributed by atoms with Crippen molar-refractivity contribution in [3.05, 3.63) is 40.9 Å². The van der Waals surface area contributed by atoms with E-state index in [2.05, 4.69) is 20.2 Å². The predicted molar refractivity (Wildman–Crippen MR) is 94.5 cm³/mol. The third-order valence-corrected chi connectivity index (χ3v) is 4.33. The third kappa shape index (κ3) is 3.87. The van der Waals surface area contributed by atoms with Crippen LogP contribution in [0.3, 0.4) is 0 Å². The molecule has 28 heavy (non-hydrogen) atoms. The number of methoxy groups -OCH3 is 1. The van der Waals surface area contributed by atoms with Gasteiger partial charge in [0, 0.05) is 11.3 Å². The molecule has 1 atom stereocenters. The number of nitrogens with two attached hydrogens (primary N) is 1. The van der Waals surface area contributed by atoms with E-state index in [0.29, 0.717) is 22.8 Å². The number of ether oxygens (including phenoxy) is 2. The summed E-state index contributed by atoms with van der Waals surface area (Å²) in [5.74, 6) is -4.88. The van der Waals surface area contributed by atoms with E-state index >= 15 is 0 Å². The molecule has 150 valence electrons. The Balaban J connectivity index is 1.86. The van der Waals surface area contributed by atoms with E-state index in [-0.39, 0.29) is 18.0 Å². The summed E-state index contributed by atoms with van der Waals surface area (Å²) in [4.78, 5) is 4.25. The summed E-state index contributed by atoms with van der Waals surface area (Å²) in [6.07, 6.45) is 0. The zero-order valence-corrected chi connectivity index (χ0v) is 15.1. The fourth-order valence-electron chi connectivity index (χ4n) is 2.67. The van der Waals surface area contributed by atoms with Crippen molar-refractivity contribution in [3.8, 4) is 5.88 Å². The zero-order valence-electron chi connectivity index (χ0n) is 15.1. The van der Waals surface area contributed by atoms with Crippen LogP contribution in [0, 0.1) is 11.2 Å². The molecular formula is C17H18F3N5O3. The number of anilines is 1. The van der Waals surface area contributed by atoms with Crippen LogP contribution in [0.5, 0.6) is 5.88 Å². The van der Waals surface area contributed by atoms with Gasteiger partial charge in [0.1, 0.15) is 5.82 Å². The van der Waals surface area contributed by atoms with E-state index in [1.54, 1.807) is 0 Å². The first-order valence-electron chi connectivity index (χ1n) is 8.20. The first kappa shape index (κ1) is 19.5. The molecule has 0 bridgehead atoms. The van der Waals surface area contributed by atoms with Crippen LogP contribution < -0.4 is 15.8 Å². The number of alkyl halides is 2. The lowest BCUT2D eigenvalue weighted by molar-refractivity contribution is -0.0649. The average molecular weight is 397 g/mol. The molecule has 0 radical (unpaired) electrons. The molecule has 0 saturated heterocycles. The summed E-state index contributed by atoms with van der Waals surface area (Å²) in [5.41, 5.74) is 5.67. The van der Waals surface area contributed by atoms with Crippen LogP contribution in [0.15, 0.2) is 27.7 Å². The van der Waals surface area contributed by atoms with Crippen molar-refractivity contribution in [2.45, 2.75) is 25.3 Å². The molecule has 2 heterocycles. The number of hydrogen-bond acceptors (Lipinski definition) is 7. The minimum Gasteiger partial charge on any atom is -0.479 e. The van der Waals surface area contributed by atoms with Crippen molar-refractivity contribution < 1.29 is 27.2 Å². The van der Waals surface area contributed by atoms with E-state index in [0.717, 1.165) is 6.07 Å². The quantitative estimate of drug-likeness (QED) is 0.509. The lowest BCUT2D eigenvalue weighted by Gasteiger charge is -2.26. The van der Waals surface area contributed by atoms with Gasteiger partial charge in [0.2, 0.25) is 5.76 Å². The molecule has 1 aromatic carbocycles. The summed E-state index contributed by atoms with van der Waals surface area (Å²) >= 11 is 0.